The van der Waals surface area contributed by atoms with E-state index >= 15 is 0 Å². The SMILES string of the molecule is C[C@@H]1C[C@@H]1C(=O)NCCC(=O)Nc1cccc(C(=O)Nc2cccc(F)c2)c1. The van der Waals surface area contributed by atoms with Crippen molar-refractivity contribution in [3.63, 3.8) is 0 Å². The molecule has 146 valence electrons. The number of benzene rings is 2. The Morgan fingerprint density at radius 1 is 1.04 bits per heavy atom. The maximum Gasteiger partial charge on any atom is 0.255 e. The minimum Gasteiger partial charge on any atom is -0.355 e. The van der Waals surface area contributed by atoms with Crippen LogP contribution < -0.4 is 16.0 Å². The summed E-state index contributed by atoms with van der Waals surface area (Å²) in [6.45, 7) is 2.29. The fraction of sp³-hybridized carbons (Fsp3) is 0.286. The van der Waals surface area contributed by atoms with Gasteiger partial charge in [-0.1, -0.05) is 19.1 Å². The van der Waals surface area contributed by atoms with Gasteiger partial charge in [-0.05, 0) is 48.7 Å². The molecule has 3 rings (SSSR count). The molecular formula is C21H22FN3O3. The molecule has 1 fully saturated rings. The molecule has 0 aliphatic heterocycles. The van der Waals surface area contributed by atoms with Crippen LogP contribution in [0.1, 0.15) is 30.1 Å². The number of rotatable bonds is 7. The second kappa shape index (κ2) is 8.65. The van der Waals surface area contributed by atoms with Gasteiger partial charge in [0, 0.05) is 35.8 Å². The highest BCUT2D eigenvalue weighted by molar-refractivity contribution is 6.05. The molecule has 0 aromatic heterocycles. The maximum atomic E-state index is 13.2. The average Bonchev–Trinajstić information content (AvgIpc) is 3.38. The molecule has 0 saturated heterocycles. The van der Waals surface area contributed by atoms with Gasteiger partial charge in [-0.3, -0.25) is 14.4 Å². The summed E-state index contributed by atoms with van der Waals surface area (Å²) in [6, 6.07) is 12.1. The molecule has 6 nitrogen and oxygen atoms in total. The zero-order valence-electron chi connectivity index (χ0n) is 15.5. The van der Waals surface area contributed by atoms with Crippen LogP contribution in [0.25, 0.3) is 0 Å². The lowest BCUT2D eigenvalue weighted by Crippen LogP contribution is -2.29. The normalized spacial score (nSPS) is 17.5. The summed E-state index contributed by atoms with van der Waals surface area (Å²) in [4.78, 5) is 36.1. The molecule has 2 aromatic carbocycles. The quantitative estimate of drug-likeness (QED) is 0.686. The van der Waals surface area contributed by atoms with Crippen molar-refractivity contribution in [1.82, 2.24) is 5.32 Å². The Labute approximate surface area is 162 Å². The summed E-state index contributed by atoms with van der Waals surface area (Å²) in [7, 11) is 0. The van der Waals surface area contributed by atoms with Gasteiger partial charge in [-0.15, -0.1) is 0 Å². The van der Waals surface area contributed by atoms with Gasteiger partial charge >= 0.3 is 0 Å². The van der Waals surface area contributed by atoms with Crippen molar-refractivity contribution in [2.45, 2.75) is 19.8 Å². The van der Waals surface area contributed by atoms with Crippen molar-refractivity contribution in [1.29, 1.82) is 0 Å². The third-order valence-corrected chi connectivity index (χ3v) is 4.59. The van der Waals surface area contributed by atoms with Crippen molar-refractivity contribution in [3.05, 3.63) is 59.9 Å². The molecular weight excluding hydrogens is 361 g/mol. The summed E-state index contributed by atoms with van der Waals surface area (Å²) in [6.07, 6.45) is 1.05. The molecule has 0 heterocycles. The number of hydrogen-bond acceptors (Lipinski definition) is 3. The molecule has 0 unspecified atom stereocenters. The molecule has 1 saturated carbocycles. The smallest absolute Gasteiger partial charge is 0.255 e. The van der Waals surface area contributed by atoms with Crippen LogP contribution in [0.3, 0.4) is 0 Å². The fourth-order valence-corrected chi connectivity index (χ4v) is 2.85. The number of carbonyl (C=O) groups is 3. The van der Waals surface area contributed by atoms with Crippen molar-refractivity contribution >= 4 is 29.1 Å². The molecule has 2 aromatic rings. The zero-order chi connectivity index (χ0) is 20.1. The number of hydrogen-bond donors (Lipinski definition) is 3. The van der Waals surface area contributed by atoms with Gasteiger partial charge < -0.3 is 16.0 Å². The molecule has 3 amide bonds. The van der Waals surface area contributed by atoms with Crippen molar-refractivity contribution < 1.29 is 18.8 Å². The standard InChI is InChI=1S/C21H22FN3O3/c1-13-10-18(13)21(28)23-9-8-19(26)24-16-6-2-4-14(11-16)20(27)25-17-7-3-5-15(22)12-17/h2-7,11-13,18H,8-10H2,1H3,(H,23,28)(H,24,26)(H,25,27)/t13-,18+/m1/s1. The summed E-state index contributed by atoms with van der Waals surface area (Å²) in [5, 5.41) is 8.07. The van der Waals surface area contributed by atoms with Crippen LogP contribution in [0.5, 0.6) is 0 Å². The molecule has 28 heavy (non-hydrogen) atoms. The van der Waals surface area contributed by atoms with Crippen LogP contribution in [0.15, 0.2) is 48.5 Å². The average molecular weight is 383 g/mol. The van der Waals surface area contributed by atoms with Gasteiger partial charge in [0.25, 0.3) is 5.91 Å². The molecule has 0 bridgehead atoms. The highest BCUT2D eigenvalue weighted by atomic mass is 19.1. The summed E-state index contributed by atoms with van der Waals surface area (Å²) in [5.41, 5.74) is 1.15. The molecule has 0 spiro atoms. The Kier molecular flexibility index (Phi) is 6.03. The monoisotopic (exact) mass is 383 g/mol. The maximum absolute atomic E-state index is 13.2. The minimum absolute atomic E-state index is 0.00341. The van der Waals surface area contributed by atoms with E-state index in [1.165, 1.54) is 24.3 Å². The Balaban J connectivity index is 1.50. The van der Waals surface area contributed by atoms with E-state index in [0.29, 0.717) is 22.9 Å². The van der Waals surface area contributed by atoms with Gasteiger partial charge in [0.1, 0.15) is 5.82 Å². The fourth-order valence-electron chi connectivity index (χ4n) is 2.85. The van der Waals surface area contributed by atoms with E-state index in [4.69, 9.17) is 0 Å². The summed E-state index contributed by atoms with van der Waals surface area (Å²) in [5.74, 6) is -0.607. The first-order valence-electron chi connectivity index (χ1n) is 9.17. The van der Waals surface area contributed by atoms with Gasteiger partial charge in [0.15, 0.2) is 0 Å². The van der Waals surface area contributed by atoms with Crippen LogP contribution in [0, 0.1) is 17.7 Å². The Morgan fingerprint density at radius 2 is 1.71 bits per heavy atom. The Morgan fingerprint density at radius 3 is 2.39 bits per heavy atom. The van der Waals surface area contributed by atoms with Gasteiger partial charge in [-0.25, -0.2) is 4.39 Å². The van der Waals surface area contributed by atoms with Gasteiger partial charge in [-0.2, -0.15) is 0 Å². The number of carbonyl (C=O) groups excluding carboxylic acids is 3. The molecule has 1 aliphatic rings. The lowest BCUT2D eigenvalue weighted by Gasteiger charge is -2.09. The molecule has 1 aliphatic carbocycles. The Bertz CT molecular complexity index is 900. The first kappa shape index (κ1) is 19.5. The van der Waals surface area contributed by atoms with Crippen LogP contribution in [0.2, 0.25) is 0 Å². The van der Waals surface area contributed by atoms with E-state index in [1.807, 2.05) is 6.92 Å². The van der Waals surface area contributed by atoms with E-state index < -0.39 is 11.7 Å². The lowest BCUT2D eigenvalue weighted by atomic mass is 10.1. The van der Waals surface area contributed by atoms with E-state index in [-0.39, 0.29) is 30.7 Å². The third-order valence-electron chi connectivity index (χ3n) is 4.59. The predicted molar refractivity (Wildman–Crippen MR) is 104 cm³/mol. The largest absolute Gasteiger partial charge is 0.355 e. The highest BCUT2D eigenvalue weighted by Crippen LogP contribution is 2.37. The zero-order valence-corrected chi connectivity index (χ0v) is 15.5. The first-order chi connectivity index (χ1) is 13.4. The van der Waals surface area contributed by atoms with E-state index in [9.17, 15) is 18.8 Å². The number of anilines is 2. The molecule has 3 N–H and O–H groups in total. The van der Waals surface area contributed by atoms with Crippen molar-refractivity contribution in [2.75, 3.05) is 17.2 Å². The molecule has 7 heteroatoms. The van der Waals surface area contributed by atoms with Crippen LogP contribution in [-0.2, 0) is 9.59 Å². The highest BCUT2D eigenvalue weighted by Gasteiger charge is 2.38. The second-order valence-corrected chi connectivity index (χ2v) is 6.95. The number of halogens is 1. The Hall–Kier alpha value is -3.22. The number of amides is 3. The van der Waals surface area contributed by atoms with Crippen LogP contribution in [0.4, 0.5) is 15.8 Å². The van der Waals surface area contributed by atoms with Gasteiger partial charge in [0.2, 0.25) is 11.8 Å². The first-order valence-corrected chi connectivity index (χ1v) is 9.17. The summed E-state index contributed by atoms with van der Waals surface area (Å²) >= 11 is 0. The summed E-state index contributed by atoms with van der Waals surface area (Å²) < 4.78 is 13.2. The molecule has 0 radical (unpaired) electrons. The van der Waals surface area contributed by atoms with Gasteiger partial charge in [0.05, 0.1) is 0 Å². The second-order valence-electron chi connectivity index (χ2n) is 6.95. The van der Waals surface area contributed by atoms with Crippen LogP contribution >= 0.6 is 0 Å². The van der Waals surface area contributed by atoms with E-state index in [2.05, 4.69) is 16.0 Å². The lowest BCUT2D eigenvalue weighted by molar-refractivity contribution is -0.122. The van der Waals surface area contributed by atoms with Crippen molar-refractivity contribution in [2.24, 2.45) is 11.8 Å². The van der Waals surface area contributed by atoms with Crippen LogP contribution in [-0.4, -0.2) is 24.3 Å². The minimum atomic E-state index is -0.443. The van der Waals surface area contributed by atoms with E-state index in [1.54, 1.807) is 24.3 Å². The number of nitrogens with one attached hydrogen (secondary N) is 3. The topological polar surface area (TPSA) is 87.3 Å². The van der Waals surface area contributed by atoms with Crippen molar-refractivity contribution in [3.8, 4) is 0 Å². The van der Waals surface area contributed by atoms with E-state index in [0.717, 1.165) is 6.42 Å². The molecule has 2 atom stereocenters. The third kappa shape index (κ3) is 5.39. The predicted octanol–water partition coefficient (Wildman–Crippen LogP) is 3.18.